The van der Waals surface area contributed by atoms with Gasteiger partial charge in [-0.3, -0.25) is 4.98 Å². The largest absolute Gasteiger partial charge is 0.497 e. The number of aromatic nitrogens is 1. The van der Waals surface area contributed by atoms with Gasteiger partial charge in [-0.2, -0.15) is 0 Å². The Hall–Kier alpha value is -2.09. The molecule has 0 aliphatic rings. The number of ether oxygens (including phenoxy) is 1. The number of hydrogen-bond donors (Lipinski definition) is 0. The summed E-state index contributed by atoms with van der Waals surface area (Å²) in [6, 6.07) is 14.3. The van der Waals surface area contributed by atoms with Crippen molar-refractivity contribution in [2.45, 2.75) is 0 Å². The first-order valence-electron chi connectivity index (χ1n) is 5.20. The van der Waals surface area contributed by atoms with E-state index in [1.54, 1.807) is 7.11 Å². The van der Waals surface area contributed by atoms with Crippen molar-refractivity contribution in [1.82, 2.24) is 4.98 Å². The average Bonchev–Trinajstić information content (AvgIpc) is 2.38. The summed E-state index contributed by atoms with van der Waals surface area (Å²) in [6.45, 7) is 0. The Balaban J connectivity index is 2.43. The van der Waals surface area contributed by atoms with Gasteiger partial charge in [0, 0.05) is 11.6 Å². The molecular weight excluding hydrogens is 198 g/mol. The van der Waals surface area contributed by atoms with Crippen LogP contribution in [0.25, 0.3) is 21.7 Å². The minimum Gasteiger partial charge on any atom is -0.497 e. The molecule has 0 fully saturated rings. The van der Waals surface area contributed by atoms with Crippen LogP contribution in [0.1, 0.15) is 0 Å². The van der Waals surface area contributed by atoms with Crippen LogP contribution in [0.4, 0.5) is 0 Å². The second-order valence-electron chi connectivity index (χ2n) is 3.72. The van der Waals surface area contributed by atoms with Crippen LogP contribution in [0.2, 0.25) is 0 Å². The van der Waals surface area contributed by atoms with Gasteiger partial charge in [0.05, 0.1) is 12.6 Å². The van der Waals surface area contributed by atoms with Gasteiger partial charge in [-0.05, 0) is 35.0 Å². The van der Waals surface area contributed by atoms with Gasteiger partial charge >= 0.3 is 0 Å². The molecule has 0 saturated heterocycles. The van der Waals surface area contributed by atoms with E-state index >= 15 is 0 Å². The highest BCUT2D eigenvalue weighted by molar-refractivity contribution is 6.06. The molecule has 0 aliphatic heterocycles. The summed E-state index contributed by atoms with van der Waals surface area (Å²) in [6.07, 6.45) is 1.82. The maximum atomic E-state index is 5.22. The molecule has 78 valence electrons. The van der Waals surface area contributed by atoms with Crippen LogP contribution in [0.5, 0.6) is 5.75 Å². The van der Waals surface area contributed by atoms with Crippen molar-refractivity contribution in [3.63, 3.8) is 0 Å². The summed E-state index contributed by atoms with van der Waals surface area (Å²) in [7, 11) is 1.68. The van der Waals surface area contributed by atoms with Crippen LogP contribution in [0.3, 0.4) is 0 Å². The maximum Gasteiger partial charge on any atom is 0.119 e. The van der Waals surface area contributed by atoms with Crippen LogP contribution >= 0.6 is 0 Å². The fourth-order valence-electron chi connectivity index (χ4n) is 2.00. The van der Waals surface area contributed by atoms with Gasteiger partial charge in [0.2, 0.25) is 0 Å². The summed E-state index contributed by atoms with van der Waals surface area (Å²) in [5.41, 5.74) is 1.03. The molecule has 0 saturated carbocycles. The highest BCUT2D eigenvalue weighted by atomic mass is 16.5. The third-order valence-corrected chi connectivity index (χ3v) is 2.81. The molecule has 3 aromatic rings. The zero-order chi connectivity index (χ0) is 11.0. The van der Waals surface area contributed by atoms with Gasteiger partial charge in [-0.25, -0.2) is 0 Å². The standard InChI is InChI=1S/C14H11NO/c1-16-11-5-6-12-10(9-11)4-7-14-13(12)3-2-8-15-14/h2-9H,1H3. The van der Waals surface area contributed by atoms with Crippen molar-refractivity contribution in [2.75, 3.05) is 7.11 Å². The normalized spacial score (nSPS) is 10.8. The van der Waals surface area contributed by atoms with Crippen molar-refractivity contribution in [3.05, 3.63) is 48.7 Å². The number of benzene rings is 2. The quantitative estimate of drug-likeness (QED) is 0.573. The third-order valence-electron chi connectivity index (χ3n) is 2.81. The second kappa shape index (κ2) is 3.49. The Morgan fingerprint density at radius 1 is 1.00 bits per heavy atom. The predicted molar refractivity (Wildman–Crippen MR) is 65.8 cm³/mol. The first kappa shape index (κ1) is 9.16. The summed E-state index contributed by atoms with van der Waals surface area (Å²) in [5.74, 6) is 0.885. The molecule has 0 atom stereocenters. The lowest BCUT2D eigenvalue weighted by atomic mass is 10.1. The number of nitrogens with zero attached hydrogens (tertiary/aromatic N) is 1. The second-order valence-corrected chi connectivity index (χ2v) is 3.72. The zero-order valence-electron chi connectivity index (χ0n) is 8.97. The van der Waals surface area contributed by atoms with E-state index in [4.69, 9.17) is 4.74 Å². The van der Waals surface area contributed by atoms with Crippen LogP contribution < -0.4 is 4.74 Å². The van der Waals surface area contributed by atoms with E-state index in [9.17, 15) is 0 Å². The Morgan fingerprint density at radius 2 is 1.94 bits per heavy atom. The molecule has 16 heavy (non-hydrogen) atoms. The number of hydrogen-bond acceptors (Lipinski definition) is 2. The smallest absolute Gasteiger partial charge is 0.119 e. The van der Waals surface area contributed by atoms with Gasteiger partial charge in [0.25, 0.3) is 0 Å². The van der Waals surface area contributed by atoms with Gasteiger partial charge < -0.3 is 4.74 Å². The minimum absolute atomic E-state index is 0.885. The third kappa shape index (κ3) is 1.31. The number of methoxy groups -OCH3 is 1. The first-order chi connectivity index (χ1) is 7.88. The van der Waals surface area contributed by atoms with Crippen molar-refractivity contribution in [1.29, 1.82) is 0 Å². The summed E-state index contributed by atoms with van der Waals surface area (Å²) in [4.78, 5) is 4.34. The lowest BCUT2D eigenvalue weighted by Gasteiger charge is -2.05. The van der Waals surface area contributed by atoms with Gasteiger partial charge in [-0.1, -0.05) is 18.2 Å². The SMILES string of the molecule is COc1ccc2c(ccc3ncccc32)c1. The van der Waals surface area contributed by atoms with Crippen molar-refractivity contribution in [2.24, 2.45) is 0 Å². The molecule has 0 radical (unpaired) electrons. The van der Waals surface area contributed by atoms with E-state index in [1.807, 2.05) is 30.5 Å². The Kier molecular flexibility index (Phi) is 2.00. The molecule has 2 aromatic carbocycles. The average molecular weight is 209 g/mol. The summed E-state index contributed by atoms with van der Waals surface area (Å²) >= 11 is 0. The molecule has 1 aromatic heterocycles. The summed E-state index contributed by atoms with van der Waals surface area (Å²) < 4.78 is 5.22. The highest BCUT2D eigenvalue weighted by Crippen LogP contribution is 2.26. The zero-order valence-corrected chi connectivity index (χ0v) is 8.97. The topological polar surface area (TPSA) is 22.1 Å². The number of fused-ring (bicyclic) bond motifs is 3. The number of pyridine rings is 1. The molecule has 0 amide bonds. The van der Waals surface area contributed by atoms with Crippen molar-refractivity contribution in [3.8, 4) is 5.75 Å². The van der Waals surface area contributed by atoms with Crippen molar-refractivity contribution < 1.29 is 4.74 Å². The molecule has 0 unspecified atom stereocenters. The lowest BCUT2D eigenvalue weighted by molar-refractivity contribution is 0.415. The molecule has 2 heteroatoms. The Morgan fingerprint density at radius 3 is 2.81 bits per heavy atom. The minimum atomic E-state index is 0.885. The van der Waals surface area contributed by atoms with E-state index in [0.29, 0.717) is 0 Å². The van der Waals surface area contributed by atoms with Crippen LogP contribution in [-0.2, 0) is 0 Å². The fourth-order valence-corrected chi connectivity index (χ4v) is 2.00. The molecule has 0 aliphatic carbocycles. The molecule has 3 rings (SSSR count). The van der Waals surface area contributed by atoms with E-state index < -0.39 is 0 Å². The monoisotopic (exact) mass is 209 g/mol. The lowest BCUT2D eigenvalue weighted by Crippen LogP contribution is -1.84. The Labute approximate surface area is 93.5 Å². The molecular formula is C14H11NO. The number of rotatable bonds is 1. The van der Waals surface area contributed by atoms with E-state index in [0.717, 1.165) is 11.3 Å². The van der Waals surface area contributed by atoms with E-state index in [1.165, 1.54) is 16.2 Å². The van der Waals surface area contributed by atoms with Crippen LogP contribution in [0, 0.1) is 0 Å². The Bertz CT molecular complexity index is 661. The van der Waals surface area contributed by atoms with Crippen LogP contribution in [0.15, 0.2) is 48.7 Å². The molecule has 0 bridgehead atoms. The van der Waals surface area contributed by atoms with Crippen LogP contribution in [-0.4, -0.2) is 12.1 Å². The van der Waals surface area contributed by atoms with Gasteiger partial charge in [-0.15, -0.1) is 0 Å². The van der Waals surface area contributed by atoms with Crippen molar-refractivity contribution >= 4 is 21.7 Å². The fraction of sp³-hybridized carbons (Fsp3) is 0.0714. The first-order valence-corrected chi connectivity index (χ1v) is 5.20. The van der Waals surface area contributed by atoms with Gasteiger partial charge in [0.15, 0.2) is 0 Å². The molecule has 0 N–H and O–H groups in total. The molecule has 0 spiro atoms. The molecule has 2 nitrogen and oxygen atoms in total. The van der Waals surface area contributed by atoms with Gasteiger partial charge in [0.1, 0.15) is 5.75 Å². The predicted octanol–water partition coefficient (Wildman–Crippen LogP) is 3.40. The molecule has 1 heterocycles. The summed E-state index contributed by atoms with van der Waals surface area (Å²) in [5, 5.41) is 3.58. The van der Waals surface area contributed by atoms with E-state index in [-0.39, 0.29) is 0 Å². The van der Waals surface area contributed by atoms with E-state index in [2.05, 4.69) is 23.2 Å². The highest BCUT2D eigenvalue weighted by Gasteiger charge is 2.01. The maximum absolute atomic E-state index is 5.22.